The summed E-state index contributed by atoms with van der Waals surface area (Å²) in [4.78, 5) is 12.5. The van der Waals surface area contributed by atoms with Gasteiger partial charge in [0.05, 0.1) is 11.1 Å². The van der Waals surface area contributed by atoms with Crippen LogP contribution in [0.4, 0.5) is 10.1 Å². The lowest BCUT2D eigenvalue weighted by atomic mass is 10.1. The van der Waals surface area contributed by atoms with Gasteiger partial charge in [-0.05, 0) is 88.6 Å². The number of carbonyl (C=O) groups is 1. The van der Waals surface area contributed by atoms with E-state index < -0.39 is 11.7 Å². The van der Waals surface area contributed by atoms with Crippen LogP contribution >= 0.6 is 27.5 Å². The van der Waals surface area contributed by atoms with Gasteiger partial charge in [-0.15, -0.1) is 0 Å². The Morgan fingerprint density at radius 3 is 2.61 bits per heavy atom. The molecule has 0 saturated carbocycles. The largest absolute Gasteiger partial charge is 0.490 e. The lowest BCUT2D eigenvalue weighted by Crippen LogP contribution is -2.13. The zero-order chi connectivity index (χ0) is 23.8. The van der Waals surface area contributed by atoms with E-state index in [1.807, 2.05) is 31.2 Å². The van der Waals surface area contributed by atoms with Crippen LogP contribution in [-0.4, -0.2) is 12.5 Å². The summed E-state index contributed by atoms with van der Waals surface area (Å²) in [6, 6.07) is 17.9. The lowest BCUT2D eigenvalue weighted by Gasteiger charge is -2.15. The van der Waals surface area contributed by atoms with Gasteiger partial charge in [0, 0.05) is 10.7 Å². The molecule has 0 aromatic heterocycles. The average molecular weight is 530 g/mol. The summed E-state index contributed by atoms with van der Waals surface area (Å²) in [5.41, 5.74) is 1.71. The van der Waals surface area contributed by atoms with Crippen molar-refractivity contribution in [1.29, 1.82) is 5.26 Å². The van der Waals surface area contributed by atoms with Crippen molar-refractivity contribution in [1.82, 2.24) is 0 Å². The highest BCUT2D eigenvalue weighted by molar-refractivity contribution is 9.10. The van der Waals surface area contributed by atoms with Crippen molar-refractivity contribution in [2.75, 3.05) is 11.9 Å². The van der Waals surface area contributed by atoms with Crippen molar-refractivity contribution in [3.63, 3.8) is 0 Å². The highest BCUT2D eigenvalue weighted by Gasteiger charge is 2.15. The van der Waals surface area contributed by atoms with Gasteiger partial charge in [-0.3, -0.25) is 4.79 Å². The number of anilines is 1. The first-order valence-electron chi connectivity index (χ1n) is 9.92. The Labute approximate surface area is 204 Å². The van der Waals surface area contributed by atoms with Gasteiger partial charge in [0.2, 0.25) is 0 Å². The van der Waals surface area contributed by atoms with Gasteiger partial charge < -0.3 is 14.8 Å². The predicted octanol–water partition coefficient (Wildman–Crippen LogP) is 6.76. The summed E-state index contributed by atoms with van der Waals surface area (Å²) < 4.78 is 25.3. The number of ether oxygens (including phenoxy) is 2. The first-order chi connectivity index (χ1) is 15.9. The van der Waals surface area contributed by atoms with Gasteiger partial charge in [0.1, 0.15) is 24.1 Å². The molecule has 0 atom stereocenters. The number of nitrogens with zero attached hydrogens (tertiary/aromatic N) is 1. The summed E-state index contributed by atoms with van der Waals surface area (Å²) in [5.74, 6) is -0.0888. The number of halogens is 3. The molecule has 168 valence electrons. The minimum Gasteiger partial charge on any atom is -0.490 e. The molecule has 1 N–H and O–H groups in total. The number of hydrogen-bond acceptors (Lipinski definition) is 4. The van der Waals surface area contributed by atoms with E-state index in [0.717, 1.165) is 5.56 Å². The van der Waals surface area contributed by atoms with Crippen LogP contribution < -0.4 is 14.8 Å². The minimum atomic E-state index is -0.612. The Kier molecular flexibility index (Phi) is 8.47. The molecule has 0 unspecified atom stereocenters. The van der Waals surface area contributed by atoms with E-state index in [-0.39, 0.29) is 12.2 Å². The third-order valence-corrected chi connectivity index (χ3v) is 5.21. The molecular weight excluding hydrogens is 511 g/mol. The van der Waals surface area contributed by atoms with Crippen molar-refractivity contribution >= 4 is 45.2 Å². The van der Waals surface area contributed by atoms with Crippen LogP contribution in [0.3, 0.4) is 0 Å². The third-order valence-electron chi connectivity index (χ3n) is 4.38. The number of rotatable bonds is 8. The fourth-order valence-electron chi connectivity index (χ4n) is 2.90. The zero-order valence-corrected chi connectivity index (χ0v) is 19.9. The molecular formula is C25H19BrClFN2O3. The van der Waals surface area contributed by atoms with Crippen LogP contribution in [0.2, 0.25) is 5.02 Å². The first kappa shape index (κ1) is 24.3. The molecule has 0 bridgehead atoms. The Hall–Kier alpha value is -3.34. The number of nitriles is 1. The molecule has 0 aliphatic carbocycles. The zero-order valence-electron chi connectivity index (χ0n) is 17.6. The smallest absolute Gasteiger partial charge is 0.266 e. The number of amides is 1. The summed E-state index contributed by atoms with van der Waals surface area (Å²) >= 11 is 9.52. The molecule has 3 aromatic carbocycles. The molecule has 0 radical (unpaired) electrons. The molecule has 0 spiro atoms. The van der Waals surface area contributed by atoms with E-state index in [1.165, 1.54) is 30.3 Å². The van der Waals surface area contributed by atoms with E-state index in [2.05, 4.69) is 21.2 Å². The summed E-state index contributed by atoms with van der Waals surface area (Å²) in [5, 5.41) is 12.7. The van der Waals surface area contributed by atoms with Crippen LogP contribution in [0.15, 0.2) is 70.7 Å². The van der Waals surface area contributed by atoms with Crippen molar-refractivity contribution in [2.45, 2.75) is 13.5 Å². The molecule has 0 aliphatic rings. The average Bonchev–Trinajstić information content (AvgIpc) is 2.78. The highest BCUT2D eigenvalue weighted by atomic mass is 79.9. The molecule has 0 heterocycles. The molecule has 5 nitrogen and oxygen atoms in total. The SMILES string of the molecule is CCOc1cc(/C=C(\C#N)C(=O)Nc2ccc(F)cc2)cc(Br)c1OCc1cccc(Cl)c1. The quantitative estimate of drug-likeness (QED) is 0.258. The Bertz CT molecular complexity index is 1220. The number of hydrogen-bond donors (Lipinski definition) is 1. The summed E-state index contributed by atoms with van der Waals surface area (Å²) in [6.07, 6.45) is 1.44. The van der Waals surface area contributed by atoms with Gasteiger partial charge in [0.25, 0.3) is 5.91 Å². The van der Waals surface area contributed by atoms with E-state index >= 15 is 0 Å². The van der Waals surface area contributed by atoms with Crippen LogP contribution in [0.5, 0.6) is 11.5 Å². The Morgan fingerprint density at radius 1 is 1.18 bits per heavy atom. The van der Waals surface area contributed by atoms with Crippen molar-refractivity contribution in [2.24, 2.45) is 0 Å². The number of benzene rings is 3. The molecule has 3 aromatic rings. The number of carbonyl (C=O) groups excluding carboxylic acids is 1. The van der Waals surface area contributed by atoms with Gasteiger partial charge in [-0.2, -0.15) is 5.26 Å². The van der Waals surface area contributed by atoms with Gasteiger partial charge >= 0.3 is 0 Å². The Balaban J connectivity index is 1.84. The maximum Gasteiger partial charge on any atom is 0.266 e. The van der Waals surface area contributed by atoms with E-state index in [4.69, 9.17) is 21.1 Å². The van der Waals surface area contributed by atoms with Crippen molar-refractivity contribution in [3.05, 3.63) is 92.7 Å². The van der Waals surface area contributed by atoms with Gasteiger partial charge in [-0.25, -0.2) is 4.39 Å². The monoisotopic (exact) mass is 528 g/mol. The lowest BCUT2D eigenvalue weighted by molar-refractivity contribution is -0.112. The predicted molar refractivity (Wildman–Crippen MR) is 130 cm³/mol. The van der Waals surface area contributed by atoms with Crippen LogP contribution in [0, 0.1) is 17.1 Å². The molecule has 0 saturated heterocycles. The normalized spacial score (nSPS) is 10.9. The Morgan fingerprint density at radius 2 is 1.94 bits per heavy atom. The molecule has 3 rings (SSSR count). The summed E-state index contributed by atoms with van der Waals surface area (Å²) in [6.45, 7) is 2.51. The number of nitrogens with one attached hydrogen (secondary N) is 1. The maximum absolute atomic E-state index is 13.1. The van der Waals surface area contributed by atoms with Crippen molar-refractivity contribution < 1.29 is 18.7 Å². The van der Waals surface area contributed by atoms with Crippen LogP contribution in [0.1, 0.15) is 18.1 Å². The maximum atomic E-state index is 13.1. The fraction of sp³-hybridized carbons (Fsp3) is 0.120. The van der Waals surface area contributed by atoms with E-state index in [1.54, 1.807) is 18.2 Å². The molecule has 1 amide bonds. The third kappa shape index (κ3) is 6.82. The first-order valence-corrected chi connectivity index (χ1v) is 11.1. The standard InChI is InChI=1S/C25H19BrClFN2O3/c1-2-32-23-13-17(10-18(14-29)25(31)30-21-8-6-20(28)7-9-21)12-22(26)24(23)33-15-16-4-3-5-19(27)11-16/h3-13H,2,15H2,1H3,(H,30,31)/b18-10+. The molecule has 0 fully saturated rings. The highest BCUT2D eigenvalue weighted by Crippen LogP contribution is 2.38. The second kappa shape index (κ2) is 11.5. The topological polar surface area (TPSA) is 71.3 Å². The molecule has 0 aliphatic heterocycles. The fourth-order valence-corrected chi connectivity index (χ4v) is 3.69. The minimum absolute atomic E-state index is 0.124. The second-order valence-electron chi connectivity index (χ2n) is 6.81. The van der Waals surface area contributed by atoms with E-state index in [9.17, 15) is 14.4 Å². The van der Waals surface area contributed by atoms with Gasteiger partial charge in [0.15, 0.2) is 11.5 Å². The van der Waals surface area contributed by atoms with Gasteiger partial charge in [-0.1, -0.05) is 23.7 Å². The molecule has 33 heavy (non-hydrogen) atoms. The molecule has 8 heteroatoms. The van der Waals surface area contributed by atoms with Crippen molar-refractivity contribution in [3.8, 4) is 17.6 Å². The van der Waals surface area contributed by atoms with Crippen LogP contribution in [-0.2, 0) is 11.4 Å². The second-order valence-corrected chi connectivity index (χ2v) is 8.10. The van der Waals surface area contributed by atoms with E-state index in [0.29, 0.717) is 38.9 Å². The van der Waals surface area contributed by atoms with Crippen LogP contribution in [0.25, 0.3) is 6.08 Å². The summed E-state index contributed by atoms with van der Waals surface area (Å²) in [7, 11) is 0.